The van der Waals surface area contributed by atoms with Gasteiger partial charge in [-0.2, -0.15) is 0 Å². The second kappa shape index (κ2) is 3.97. The van der Waals surface area contributed by atoms with Crippen molar-refractivity contribution in [3.8, 4) is 5.75 Å². The van der Waals surface area contributed by atoms with E-state index in [-0.39, 0.29) is 0 Å². The van der Waals surface area contributed by atoms with E-state index in [1.807, 2.05) is 18.2 Å². The van der Waals surface area contributed by atoms with E-state index in [4.69, 9.17) is 9.72 Å². The average molecular weight is 262 g/mol. The molecule has 4 rings (SSSR count). The summed E-state index contributed by atoms with van der Waals surface area (Å²) < 4.78 is 7.70. The van der Waals surface area contributed by atoms with Gasteiger partial charge < -0.3 is 4.74 Å². The van der Waals surface area contributed by atoms with Crippen molar-refractivity contribution in [3.05, 3.63) is 54.2 Å². The molecular formula is C17H14N2O. The molecule has 4 aromatic rings. The van der Waals surface area contributed by atoms with Crippen LogP contribution in [0.3, 0.4) is 0 Å². The quantitative estimate of drug-likeness (QED) is 0.519. The van der Waals surface area contributed by atoms with E-state index in [9.17, 15) is 0 Å². The van der Waals surface area contributed by atoms with Gasteiger partial charge in [0.15, 0.2) is 0 Å². The first-order chi connectivity index (χ1) is 9.79. The predicted octanol–water partition coefficient (Wildman–Crippen LogP) is 3.96. The molecule has 3 heteroatoms. The van der Waals surface area contributed by atoms with Crippen LogP contribution < -0.4 is 4.74 Å². The molecule has 20 heavy (non-hydrogen) atoms. The van der Waals surface area contributed by atoms with Gasteiger partial charge in [0, 0.05) is 16.5 Å². The Morgan fingerprint density at radius 3 is 2.75 bits per heavy atom. The number of hydrogen-bond donors (Lipinski definition) is 0. The van der Waals surface area contributed by atoms with Gasteiger partial charge in [-0.1, -0.05) is 30.3 Å². The highest BCUT2D eigenvalue weighted by molar-refractivity contribution is 5.96. The number of rotatable bonds is 1. The maximum Gasteiger partial charge on any atom is 0.143 e. The Morgan fingerprint density at radius 1 is 1.05 bits per heavy atom. The summed E-state index contributed by atoms with van der Waals surface area (Å²) in [5.41, 5.74) is 4.25. The van der Waals surface area contributed by atoms with Gasteiger partial charge in [-0.15, -0.1) is 0 Å². The second-order valence-corrected chi connectivity index (χ2v) is 4.95. The highest BCUT2D eigenvalue weighted by atomic mass is 16.5. The van der Waals surface area contributed by atoms with Gasteiger partial charge in [0.25, 0.3) is 0 Å². The van der Waals surface area contributed by atoms with Crippen LogP contribution in [0, 0.1) is 6.92 Å². The summed E-state index contributed by atoms with van der Waals surface area (Å²) in [5, 5.41) is 2.32. The normalized spacial score (nSPS) is 11.5. The maximum absolute atomic E-state index is 5.52. The summed E-state index contributed by atoms with van der Waals surface area (Å²) in [7, 11) is 1.71. The lowest BCUT2D eigenvalue weighted by molar-refractivity contribution is 0.419. The zero-order valence-corrected chi connectivity index (χ0v) is 11.4. The van der Waals surface area contributed by atoms with E-state index >= 15 is 0 Å². The summed E-state index contributed by atoms with van der Waals surface area (Å²) in [4.78, 5) is 4.72. The molecule has 0 N–H and O–H groups in total. The third kappa shape index (κ3) is 1.37. The van der Waals surface area contributed by atoms with Crippen molar-refractivity contribution in [1.29, 1.82) is 0 Å². The molecule has 2 aromatic carbocycles. The molecule has 0 aliphatic carbocycles. The molecule has 0 aliphatic rings. The molecule has 0 spiro atoms. The van der Waals surface area contributed by atoms with Crippen molar-refractivity contribution in [2.75, 3.05) is 7.11 Å². The molecule has 0 fully saturated rings. The fraction of sp³-hybridized carbons (Fsp3) is 0.118. The zero-order valence-electron chi connectivity index (χ0n) is 11.4. The number of methoxy groups -OCH3 is 1. The Kier molecular flexibility index (Phi) is 2.24. The van der Waals surface area contributed by atoms with Crippen LogP contribution in [0.2, 0.25) is 0 Å². The standard InChI is InChI=1S/C17H14N2O/c1-11-13-7-3-4-8-14(13)19-16(18-11)10-12-6-5-9-15(20-2)17(12)19/h3-10H,1-2H3. The van der Waals surface area contributed by atoms with Gasteiger partial charge in [0.1, 0.15) is 11.4 Å². The van der Waals surface area contributed by atoms with Gasteiger partial charge in [0.05, 0.1) is 18.1 Å². The first kappa shape index (κ1) is 11.3. The third-order valence-corrected chi connectivity index (χ3v) is 3.80. The van der Waals surface area contributed by atoms with Crippen molar-refractivity contribution >= 4 is 27.5 Å². The summed E-state index contributed by atoms with van der Waals surface area (Å²) in [5.74, 6) is 0.873. The molecule has 0 atom stereocenters. The molecule has 0 aliphatic heterocycles. The van der Waals surface area contributed by atoms with Gasteiger partial charge >= 0.3 is 0 Å². The van der Waals surface area contributed by atoms with E-state index in [1.165, 1.54) is 5.39 Å². The Morgan fingerprint density at radius 2 is 1.90 bits per heavy atom. The third-order valence-electron chi connectivity index (χ3n) is 3.80. The van der Waals surface area contributed by atoms with Crippen LogP contribution in [0.15, 0.2) is 48.5 Å². The number of nitrogens with zero attached hydrogens (tertiary/aromatic N) is 2. The molecular weight excluding hydrogens is 248 g/mol. The lowest BCUT2D eigenvalue weighted by Crippen LogP contribution is -1.95. The van der Waals surface area contributed by atoms with Crippen LogP contribution in [0.1, 0.15) is 5.69 Å². The lowest BCUT2D eigenvalue weighted by Gasteiger charge is -2.08. The van der Waals surface area contributed by atoms with E-state index in [1.54, 1.807) is 7.11 Å². The minimum atomic E-state index is 0.873. The van der Waals surface area contributed by atoms with Crippen molar-refractivity contribution in [2.45, 2.75) is 6.92 Å². The van der Waals surface area contributed by atoms with E-state index in [0.29, 0.717) is 0 Å². The number of benzene rings is 2. The minimum Gasteiger partial charge on any atom is -0.495 e. The van der Waals surface area contributed by atoms with E-state index in [2.05, 4.69) is 41.7 Å². The van der Waals surface area contributed by atoms with Crippen LogP contribution in [0.5, 0.6) is 5.75 Å². The molecule has 3 nitrogen and oxygen atoms in total. The minimum absolute atomic E-state index is 0.873. The number of aryl methyl sites for hydroxylation is 1. The molecule has 0 bridgehead atoms. The second-order valence-electron chi connectivity index (χ2n) is 4.95. The smallest absolute Gasteiger partial charge is 0.143 e. The van der Waals surface area contributed by atoms with Crippen molar-refractivity contribution < 1.29 is 4.74 Å². The fourth-order valence-electron chi connectivity index (χ4n) is 2.91. The first-order valence-electron chi connectivity index (χ1n) is 6.63. The van der Waals surface area contributed by atoms with Gasteiger partial charge in [-0.05, 0) is 25.1 Å². The molecule has 0 saturated heterocycles. The highest BCUT2D eigenvalue weighted by Crippen LogP contribution is 2.31. The van der Waals surface area contributed by atoms with Crippen molar-refractivity contribution in [3.63, 3.8) is 0 Å². The molecule has 0 unspecified atom stereocenters. The SMILES string of the molecule is COc1cccc2cc3nc(C)c4ccccc4n3c12. The number of ether oxygens (including phenoxy) is 1. The molecule has 2 aromatic heterocycles. The average Bonchev–Trinajstić information content (AvgIpc) is 2.85. The maximum atomic E-state index is 5.52. The number of aromatic nitrogens is 2. The largest absolute Gasteiger partial charge is 0.495 e. The summed E-state index contributed by atoms with van der Waals surface area (Å²) >= 11 is 0. The topological polar surface area (TPSA) is 26.5 Å². The monoisotopic (exact) mass is 262 g/mol. The van der Waals surface area contributed by atoms with Crippen LogP contribution in [-0.4, -0.2) is 16.5 Å². The summed E-state index contributed by atoms with van der Waals surface area (Å²) in [6.45, 7) is 2.05. The Bertz CT molecular complexity index is 953. The summed E-state index contributed by atoms with van der Waals surface area (Å²) in [6, 6.07) is 16.5. The predicted molar refractivity (Wildman–Crippen MR) is 81.5 cm³/mol. The molecule has 0 radical (unpaired) electrons. The summed E-state index contributed by atoms with van der Waals surface area (Å²) in [6.07, 6.45) is 0. The van der Waals surface area contributed by atoms with Gasteiger partial charge in [0.2, 0.25) is 0 Å². The Labute approximate surface area is 116 Å². The number of hydrogen-bond acceptors (Lipinski definition) is 2. The Balaban J connectivity index is 2.36. The van der Waals surface area contributed by atoms with Gasteiger partial charge in [-0.25, -0.2) is 4.98 Å². The fourth-order valence-corrected chi connectivity index (χ4v) is 2.91. The van der Waals surface area contributed by atoms with E-state index in [0.717, 1.165) is 33.5 Å². The molecule has 98 valence electrons. The molecule has 2 heterocycles. The zero-order chi connectivity index (χ0) is 13.7. The van der Waals surface area contributed by atoms with Crippen molar-refractivity contribution in [2.24, 2.45) is 0 Å². The van der Waals surface area contributed by atoms with Crippen LogP contribution >= 0.6 is 0 Å². The van der Waals surface area contributed by atoms with Crippen molar-refractivity contribution in [1.82, 2.24) is 9.38 Å². The Hall–Kier alpha value is -2.55. The van der Waals surface area contributed by atoms with Crippen LogP contribution in [-0.2, 0) is 0 Å². The lowest BCUT2D eigenvalue weighted by atomic mass is 10.2. The first-order valence-corrected chi connectivity index (χ1v) is 6.63. The van der Waals surface area contributed by atoms with Crippen LogP contribution in [0.4, 0.5) is 0 Å². The van der Waals surface area contributed by atoms with Crippen LogP contribution in [0.25, 0.3) is 27.5 Å². The molecule has 0 amide bonds. The number of fused-ring (bicyclic) bond motifs is 5. The highest BCUT2D eigenvalue weighted by Gasteiger charge is 2.12. The molecule has 0 saturated carbocycles. The van der Waals surface area contributed by atoms with E-state index < -0.39 is 0 Å². The number of para-hydroxylation sites is 2. The van der Waals surface area contributed by atoms with Gasteiger partial charge in [-0.3, -0.25) is 4.40 Å².